The van der Waals surface area contributed by atoms with Crippen LogP contribution in [0.15, 0.2) is 91.3 Å². The molecular weight excluding hydrogens is 428 g/mol. The molecule has 1 saturated heterocycles. The second-order valence-electron chi connectivity index (χ2n) is 7.27. The van der Waals surface area contributed by atoms with Crippen LogP contribution in [-0.2, 0) is 0 Å². The van der Waals surface area contributed by atoms with Gasteiger partial charge in [-0.15, -0.1) is 0 Å². The second kappa shape index (κ2) is 8.06. The lowest BCUT2D eigenvalue weighted by Crippen LogP contribution is -2.30. The van der Waals surface area contributed by atoms with Gasteiger partial charge in [-0.25, -0.2) is 0 Å². The van der Waals surface area contributed by atoms with Gasteiger partial charge in [0.25, 0.3) is 0 Å². The first-order valence-electron chi connectivity index (χ1n) is 9.85. The van der Waals surface area contributed by atoms with Crippen LogP contribution in [0.4, 0.5) is 5.69 Å². The first-order chi connectivity index (χ1) is 15.1. The van der Waals surface area contributed by atoms with E-state index in [4.69, 9.17) is 23.8 Å². The van der Waals surface area contributed by atoms with Crippen molar-refractivity contribution in [2.24, 2.45) is 0 Å². The Labute approximate surface area is 190 Å². The van der Waals surface area contributed by atoms with Gasteiger partial charge >= 0.3 is 0 Å². The van der Waals surface area contributed by atoms with Gasteiger partial charge in [0.15, 0.2) is 5.11 Å². The van der Waals surface area contributed by atoms with Gasteiger partial charge in [-0.3, -0.25) is 4.98 Å². The van der Waals surface area contributed by atoms with Gasteiger partial charge in [-0.2, -0.15) is 0 Å². The molecule has 0 saturated carbocycles. The van der Waals surface area contributed by atoms with Gasteiger partial charge < -0.3 is 19.9 Å². The Morgan fingerprint density at radius 2 is 1.81 bits per heavy atom. The molecule has 3 heterocycles. The maximum Gasteiger partial charge on any atom is 0.174 e. The number of nitrogens with one attached hydrogen (secondary N) is 1. The number of thiocarbonyl (C=S) groups is 1. The van der Waals surface area contributed by atoms with Gasteiger partial charge in [0.05, 0.1) is 17.4 Å². The van der Waals surface area contributed by atoms with Crippen molar-refractivity contribution in [1.29, 1.82) is 0 Å². The second-order valence-corrected chi connectivity index (χ2v) is 8.09. The van der Waals surface area contributed by atoms with Crippen molar-refractivity contribution < 1.29 is 5.11 Å². The molecule has 2 aromatic carbocycles. The summed E-state index contributed by atoms with van der Waals surface area (Å²) in [4.78, 5) is 6.54. The van der Waals surface area contributed by atoms with Crippen LogP contribution in [0.25, 0.3) is 5.69 Å². The van der Waals surface area contributed by atoms with Crippen LogP contribution in [0.1, 0.15) is 23.5 Å². The molecule has 0 amide bonds. The number of para-hydroxylation sites is 2. The Kier molecular flexibility index (Phi) is 5.10. The summed E-state index contributed by atoms with van der Waals surface area (Å²) >= 11 is 12.0. The van der Waals surface area contributed by atoms with Crippen LogP contribution in [0.2, 0.25) is 5.02 Å². The van der Waals surface area contributed by atoms with Gasteiger partial charge in [-0.1, -0.05) is 35.9 Å². The molecule has 1 fully saturated rings. The molecule has 0 unspecified atom stereocenters. The summed E-state index contributed by atoms with van der Waals surface area (Å²) in [5.41, 5.74) is 3.45. The molecule has 154 valence electrons. The molecule has 5 rings (SSSR count). The highest BCUT2D eigenvalue weighted by atomic mass is 35.5. The number of phenols is 1. The molecule has 1 aliphatic rings. The minimum atomic E-state index is -0.246. The minimum absolute atomic E-state index is 0.166. The molecule has 0 bridgehead atoms. The lowest BCUT2D eigenvalue weighted by molar-refractivity contribution is 0.472. The van der Waals surface area contributed by atoms with Crippen molar-refractivity contribution in [2.75, 3.05) is 4.90 Å². The van der Waals surface area contributed by atoms with Crippen molar-refractivity contribution >= 4 is 34.6 Å². The lowest BCUT2D eigenvalue weighted by Gasteiger charge is -2.29. The normalized spacial score (nSPS) is 18.2. The predicted octanol–water partition coefficient (Wildman–Crippen LogP) is 5.41. The summed E-state index contributed by atoms with van der Waals surface area (Å²) in [5.74, 6) is 0.166. The van der Waals surface area contributed by atoms with E-state index in [9.17, 15) is 5.11 Å². The highest BCUT2D eigenvalue weighted by molar-refractivity contribution is 7.80. The largest absolute Gasteiger partial charge is 0.506 e. The zero-order valence-electron chi connectivity index (χ0n) is 16.4. The van der Waals surface area contributed by atoms with E-state index in [0.717, 1.165) is 17.1 Å². The predicted molar refractivity (Wildman–Crippen MR) is 127 cm³/mol. The molecule has 2 atom stereocenters. The molecule has 2 N–H and O–H groups in total. The molecule has 0 spiro atoms. The summed E-state index contributed by atoms with van der Waals surface area (Å²) in [6.07, 6.45) is 3.77. The van der Waals surface area contributed by atoms with E-state index in [0.29, 0.717) is 15.8 Å². The molecule has 4 aromatic rings. The van der Waals surface area contributed by atoms with Crippen molar-refractivity contribution in [3.05, 3.63) is 108 Å². The average molecular weight is 447 g/mol. The number of phenolic OH excluding ortho intramolecular Hbond substituents is 1. The number of benzene rings is 2. The molecule has 1 aliphatic heterocycles. The number of hydrogen-bond acceptors (Lipinski definition) is 3. The lowest BCUT2D eigenvalue weighted by atomic mass is 10.0. The number of aromatic nitrogens is 2. The Bertz CT molecular complexity index is 1240. The molecule has 31 heavy (non-hydrogen) atoms. The van der Waals surface area contributed by atoms with Crippen LogP contribution >= 0.6 is 23.8 Å². The van der Waals surface area contributed by atoms with Gasteiger partial charge in [0, 0.05) is 28.8 Å². The van der Waals surface area contributed by atoms with E-state index < -0.39 is 0 Å². The van der Waals surface area contributed by atoms with Gasteiger partial charge in [0.2, 0.25) is 0 Å². The third-order valence-electron chi connectivity index (χ3n) is 5.41. The number of pyridine rings is 1. The summed E-state index contributed by atoms with van der Waals surface area (Å²) in [6.45, 7) is 0. The zero-order chi connectivity index (χ0) is 21.4. The third kappa shape index (κ3) is 3.54. The highest BCUT2D eigenvalue weighted by Gasteiger charge is 2.42. The van der Waals surface area contributed by atoms with Crippen molar-refractivity contribution in [3.63, 3.8) is 0 Å². The van der Waals surface area contributed by atoms with Crippen molar-refractivity contribution in [2.45, 2.75) is 12.1 Å². The number of anilines is 1. The van der Waals surface area contributed by atoms with Gasteiger partial charge in [0.1, 0.15) is 11.8 Å². The molecule has 5 nitrogen and oxygen atoms in total. The van der Waals surface area contributed by atoms with Crippen LogP contribution in [0.5, 0.6) is 5.75 Å². The van der Waals surface area contributed by atoms with E-state index in [1.165, 1.54) is 0 Å². The molecule has 0 aliphatic carbocycles. The quantitative estimate of drug-likeness (QED) is 0.410. The Balaban J connectivity index is 1.69. The molecule has 2 aromatic heterocycles. The first-order valence-corrected chi connectivity index (χ1v) is 10.6. The van der Waals surface area contributed by atoms with Crippen molar-refractivity contribution in [1.82, 2.24) is 14.9 Å². The molecular formula is C24H19ClN4OS. The zero-order valence-corrected chi connectivity index (χ0v) is 18.0. The SMILES string of the molecule is Oc1ccccc1N1C(=S)N[C@@H](c2ccccn2)[C@@H]1c1cccn1-c1cccc(Cl)c1. The van der Waals surface area contributed by atoms with Crippen LogP contribution in [-0.4, -0.2) is 19.8 Å². The smallest absolute Gasteiger partial charge is 0.174 e. The highest BCUT2D eigenvalue weighted by Crippen LogP contribution is 2.44. The first kappa shape index (κ1) is 19.6. The fourth-order valence-corrected chi connectivity index (χ4v) is 4.60. The summed E-state index contributed by atoms with van der Waals surface area (Å²) in [5, 5.41) is 15.2. The molecule has 0 radical (unpaired) electrons. The number of nitrogens with zero attached hydrogens (tertiary/aromatic N) is 3. The summed E-state index contributed by atoms with van der Waals surface area (Å²) in [6, 6.07) is 24.4. The number of halogens is 1. The Hall–Kier alpha value is -3.35. The molecule has 7 heteroatoms. The maximum absolute atomic E-state index is 10.6. The average Bonchev–Trinajstić information content (AvgIpc) is 3.39. The van der Waals surface area contributed by atoms with Crippen molar-refractivity contribution in [3.8, 4) is 11.4 Å². The summed E-state index contributed by atoms with van der Waals surface area (Å²) in [7, 11) is 0. The van der Waals surface area contributed by atoms with E-state index in [2.05, 4.69) is 20.9 Å². The standard InChI is InChI=1S/C24H19ClN4OS/c25-16-7-5-8-17(15-16)28-14-6-11-20(28)23-22(18-9-3-4-13-26-18)27-24(31)29(23)19-10-1-2-12-21(19)30/h1-15,22-23,30H,(H,27,31)/t22-,23-/m0/s1. The van der Waals surface area contributed by atoms with E-state index in [1.54, 1.807) is 18.3 Å². The number of hydrogen-bond donors (Lipinski definition) is 2. The number of aromatic hydroxyl groups is 1. The van der Waals surface area contributed by atoms with E-state index in [-0.39, 0.29) is 17.8 Å². The Morgan fingerprint density at radius 1 is 0.968 bits per heavy atom. The fourth-order valence-electron chi connectivity index (χ4n) is 4.08. The van der Waals surface area contributed by atoms with E-state index in [1.807, 2.05) is 71.8 Å². The van der Waals surface area contributed by atoms with Gasteiger partial charge in [-0.05, 0) is 66.8 Å². The monoisotopic (exact) mass is 446 g/mol. The summed E-state index contributed by atoms with van der Waals surface area (Å²) < 4.78 is 2.09. The van der Waals surface area contributed by atoms with Crippen LogP contribution in [0.3, 0.4) is 0 Å². The third-order valence-corrected chi connectivity index (χ3v) is 5.96. The Morgan fingerprint density at radius 3 is 2.58 bits per heavy atom. The van der Waals surface area contributed by atoms with E-state index >= 15 is 0 Å². The van der Waals surface area contributed by atoms with Crippen LogP contribution in [0, 0.1) is 0 Å². The minimum Gasteiger partial charge on any atom is -0.506 e. The maximum atomic E-state index is 10.6. The topological polar surface area (TPSA) is 53.3 Å². The fraction of sp³-hybridized carbons (Fsp3) is 0.0833. The number of rotatable bonds is 4. The van der Waals surface area contributed by atoms with Crippen LogP contribution < -0.4 is 10.2 Å².